The van der Waals surface area contributed by atoms with Crippen LogP contribution in [0.2, 0.25) is 0 Å². The molecule has 0 spiro atoms. The topological polar surface area (TPSA) is 78.0 Å². The minimum Gasteiger partial charge on any atom is -0.330 e. The third-order valence-corrected chi connectivity index (χ3v) is 3.94. The van der Waals surface area contributed by atoms with Crippen molar-refractivity contribution in [2.45, 2.75) is 46.0 Å². The third-order valence-electron chi connectivity index (χ3n) is 3.94. The van der Waals surface area contributed by atoms with Gasteiger partial charge >= 0.3 is 0 Å². The van der Waals surface area contributed by atoms with Crippen LogP contribution in [0, 0.1) is 19.8 Å². The maximum Gasteiger partial charge on any atom is 0.250 e. The number of nitrogens with two attached hydrogens (primary N) is 1. The van der Waals surface area contributed by atoms with Gasteiger partial charge in [-0.05, 0) is 45.2 Å². The molecule has 1 aromatic rings. The van der Waals surface area contributed by atoms with Gasteiger partial charge in [0, 0.05) is 24.5 Å². The number of Topliss-reactive ketones (excluding diaryl/α,β-unsaturated/α-hetero) is 1. The number of aromatic nitrogens is 2. The van der Waals surface area contributed by atoms with Crippen molar-refractivity contribution in [1.82, 2.24) is 9.78 Å². The minimum atomic E-state index is -0.0681. The summed E-state index contributed by atoms with van der Waals surface area (Å²) in [4.78, 5) is 23.7. The van der Waals surface area contributed by atoms with Crippen LogP contribution in [-0.4, -0.2) is 28.0 Å². The molecule has 2 rings (SSSR count). The van der Waals surface area contributed by atoms with Gasteiger partial charge in [0.15, 0.2) is 0 Å². The largest absolute Gasteiger partial charge is 0.330 e. The van der Waals surface area contributed by atoms with E-state index in [1.807, 2.05) is 13.8 Å². The van der Waals surface area contributed by atoms with E-state index in [2.05, 4.69) is 5.10 Å². The number of carbonyl (C=O) groups is 2. The standard InChI is InChI=1S/C14H21N3O2/c1-9-13(7-8-15)10(2)17(16-9)14(19)11-3-5-12(18)6-4-11/h11H,3-8,15H2,1-2H3. The van der Waals surface area contributed by atoms with Crippen LogP contribution in [0.4, 0.5) is 0 Å². The molecule has 5 heteroatoms. The zero-order chi connectivity index (χ0) is 14.0. The van der Waals surface area contributed by atoms with Crippen LogP contribution in [0.3, 0.4) is 0 Å². The number of rotatable bonds is 3. The van der Waals surface area contributed by atoms with Gasteiger partial charge in [0.25, 0.3) is 0 Å². The van der Waals surface area contributed by atoms with E-state index in [1.54, 1.807) is 0 Å². The maximum absolute atomic E-state index is 12.5. The van der Waals surface area contributed by atoms with Gasteiger partial charge in [0.2, 0.25) is 5.91 Å². The smallest absolute Gasteiger partial charge is 0.250 e. The van der Waals surface area contributed by atoms with Crippen molar-refractivity contribution in [2.75, 3.05) is 6.54 Å². The summed E-state index contributed by atoms with van der Waals surface area (Å²) in [5.41, 5.74) is 8.43. The molecule has 1 aliphatic rings. The minimum absolute atomic E-state index is 0.0244. The molecule has 0 bridgehead atoms. The van der Waals surface area contributed by atoms with E-state index in [1.165, 1.54) is 4.68 Å². The molecule has 104 valence electrons. The predicted octanol–water partition coefficient (Wildman–Crippen LogP) is 1.40. The molecule has 0 amide bonds. The first-order valence-electron chi connectivity index (χ1n) is 6.85. The van der Waals surface area contributed by atoms with Crippen LogP contribution in [0.25, 0.3) is 0 Å². The molecular formula is C14H21N3O2. The van der Waals surface area contributed by atoms with Crippen LogP contribution in [0.15, 0.2) is 0 Å². The Labute approximate surface area is 113 Å². The molecule has 0 saturated heterocycles. The third kappa shape index (κ3) is 2.76. The molecule has 0 aliphatic heterocycles. The van der Waals surface area contributed by atoms with E-state index < -0.39 is 0 Å². The van der Waals surface area contributed by atoms with Crippen LogP contribution in [0.5, 0.6) is 0 Å². The van der Waals surface area contributed by atoms with E-state index in [9.17, 15) is 9.59 Å². The molecule has 2 N–H and O–H groups in total. The lowest BCUT2D eigenvalue weighted by molar-refractivity contribution is -0.120. The van der Waals surface area contributed by atoms with Crippen molar-refractivity contribution in [2.24, 2.45) is 11.7 Å². The Bertz CT molecular complexity index is 495. The first kappa shape index (κ1) is 13.9. The van der Waals surface area contributed by atoms with E-state index in [4.69, 9.17) is 5.73 Å². The molecule has 19 heavy (non-hydrogen) atoms. The first-order chi connectivity index (χ1) is 9.04. The molecule has 1 fully saturated rings. The number of hydrogen-bond donors (Lipinski definition) is 1. The highest BCUT2D eigenvalue weighted by atomic mass is 16.2. The van der Waals surface area contributed by atoms with Gasteiger partial charge in [0.05, 0.1) is 5.69 Å². The normalized spacial score (nSPS) is 16.9. The molecule has 1 aromatic heterocycles. The fourth-order valence-electron chi connectivity index (χ4n) is 2.76. The van der Waals surface area contributed by atoms with Gasteiger partial charge in [-0.25, -0.2) is 4.68 Å². The van der Waals surface area contributed by atoms with Gasteiger partial charge in [-0.15, -0.1) is 0 Å². The Morgan fingerprint density at radius 1 is 1.37 bits per heavy atom. The average Bonchev–Trinajstić information content (AvgIpc) is 2.67. The number of aryl methyl sites for hydroxylation is 1. The average molecular weight is 263 g/mol. The van der Waals surface area contributed by atoms with Crippen molar-refractivity contribution < 1.29 is 9.59 Å². The van der Waals surface area contributed by atoms with E-state index in [0.717, 1.165) is 23.4 Å². The summed E-state index contributed by atoms with van der Waals surface area (Å²) in [6.45, 7) is 4.38. The summed E-state index contributed by atoms with van der Waals surface area (Å²) in [6.07, 6.45) is 3.09. The Morgan fingerprint density at radius 3 is 2.58 bits per heavy atom. The molecule has 0 atom stereocenters. The van der Waals surface area contributed by atoms with Crippen LogP contribution >= 0.6 is 0 Å². The van der Waals surface area contributed by atoms with E-state index in [0.29, 0.717) is 32.2 Å². The van der Waals surface area contributed by atoms with Crippen molar-refractivity contribution in [3.63, 3.8) is 0 Å². The van der Waals surface area contributed by atoms with Crippen molar-refractivity contribution in [3.05, 3.63) is 17.0 Å². The SMILES string of the molecule is Cc1nn(C(=O)C2CCC(=O)CC2)c(C)c1CCN. The summed E-state index contributed by atoms with van der Waals surface area (Å²) >= 11 is 0. The molecular weight excluding hydrogens is 242 g/mol. The summed E-state index contributed by atoms with van der Waals surface area (Å²) < 4.78 is 1.51. The van der Waals surface area contributed by atoms with Gasteiger partial charge in [-0.1, -0.05) is 0 Å². The van der Waals surface area contributed by atoms with Gasteiger partial charge < -0.3 is 5.73 Å². The van der Waals surface area contributed by atoms with Crippen molar-refractivity contribution in [3.8, 4) is 0 Å². The lowest BCUT2D eigenvalue weighted by atomic mass is 9.88. The van der Waals surface area contributed by atoms with Crippen LogP contribution < -0.4 is 5.73 Å². The van der Waals surface area contributed by atoms with Crippen LogP contribution in [0.1, 0.15) is 47.4 Å². The Balaban J connectivity index is 2.19. The highest BCUT2D eigenvalue weighted by Gasteiger charge is 2.28. The molecule has 0 aromatic carbocycles. The lowest BCUT2D eigenvalue weighted by Crippen LogP contribution is -2.28. The molecule has 1 aliphatic carbocycles. The van der Waals surface area contributed by atoms with Gasteiger partial charge in [0.1, 0.15) is 5.78 Å². The highest BCUT2D eigenvalue weighted by molar-refractivity contribution is 5.86. The summed E-state index contributed by atoms with van der Waals surface area (Å²) in [5.74, 6) is 0.221. The zero-order valence-electron chi connectivity index (χ0n) is 11.6. The van der Waals surface area contributed by atoms with E-state index in [-0.39, 0.29) is 17.6 Å². The lowest BCUT2D eigenvalue weighted by Gasteiger charge is -2.19. The van der Waals surface area contributed by atoms with E-state index >= 15 is 0 Å². The number of nitrogens with zero attached hydrogens (tertiary/aromatic N) is 2. The second-order valence-electron chi connectivity index (χ2n) is 5.25. The van der Waals surface area contributed by atoms with Gasteiger partial charge in [-0.3, -0.25) is 9.59 Å². The molecule has 0 radical (unpaired) electrons. The molecule has 5 nitrogen and oxygen atoms in total. The number of carbonyl (C=O) groups excluding carboxylic acids is 2. The fourth-order valence-corrected chi connectivity index (χ4v) is 2.76. The quantitative estimate of drug-likeness (QED) is 0.894. The fraction of sp³-hybridized carbons (Fsp3) is 0.643. The Kier molecular flexibility index (Phi) is 4.14. The van der Waals surface area contributed by atoms with Crippen molar-refractivity contribution in [1.29, 1.82) is 0 Å². The van der Waals surface area contributed by atoms with Gasteiger partial charge in [-0.2, -0.15) is 5.10 Å². The highest BCUT2D eigenvalue weighted by Crippen LogP contribution is 2.24. The monoisotopic (exact) mass is 263 g/mol. The first-order valence-corrected chi connectivity index (χ1v) is 6.85. The Morgan fingerprint density at radius 2 is 2.00 bits per heavy atom. The second kappa shape index (κ2) is 5.65. The summed E-state index contributed by atoms with van der Waals surface area (Å²) in [5, 5.41) is 4.35. The van der Waals surface area contributed by atoms with Crippen LogP contribution in [-0.2, 0) is 11.2 Å². The predicted molar refractivity (Wildman–Crippen MR) is 72.1 cm³/mol. The number of ketones is 1. The molecule has 1 saturated carbocycles. The maximum atomic E-state index is 12.5. The summed E-state index contributed by atoms with van der Waals surface area (Å²) in [6, 6.07) is 0. The zero-order valence-corrected chi connectivity index (χ0v) is 11.6. The summed E-state index contributed by atoms with van der Waals surface area (Å²) in [7, 11) is 0. The molecule has 1 heterocycles. The Hall–Kier alpha value is -1.49. The van der Waals surface area contributed by atoms with Crippen molar-refractivity contribution >= 4 is 11.7 Å². The second-order valence-corrected chi connectivity index (χ2v) is 5.25. The molecule has 0 unspecified atom stereocenters. The number of hydrogen-bond acceptors (Lipinski definition) is 4.